The molecule has 0 saturated heterocycles. The average molecular weight is 167 g/mol. The first-order valence-electron chi connectivity index (χ1n) is 3.62. The Hall–Kier alpha value is -0.750. The van der Waals surface area contributed by atoms with Crippen molar-refractivity contribution in [3.8, 4) is 0 Å². The van der Waals surface area contributed by atoms with Crippen LogP contribution in [0.4, 0.5) is 0 Å². The number of halogens is 1. The summed E-state index contributed by atoms with van der Waals surface area (Å²) in [7, 11) is 0. The Labute approximate surface area is 72.5 Å². The average Bonchev–Trinajstić information content (AvgIpc) is 2.01. The van der Waals surface area contributed by atoms with Gasteiger partial charge >= 0.3 is 0 Å². The Balaban J connectivity index is 2.79. The lowest BCUT2D eigenvalue weighted by Crippen LogP contribution is -1.74. The third-order valence-electron chi connectivity index (χ3n) is 1.44. The van der Waals surface area contributed by atoms with Crippen molar-refractivity contribution in [2.24, 2.45) is 0 Å². The summed E-state index contributed by atoms with van der Waals surface area (Å²) in [6, 6.07) is 8.32. The summed E-state index contributed by atoms with van der Waals surface area (Å²) >= 11 is 5.50. The molecule has 0 unspecified atom stereocenters. The summed E-state index contributed by atoms with van der Waals surface area (Å²) in [6.45, 7) is 2.08. The lowest BCUT2D eigenvalue weighted by Gasteiger charge is -1.93. The summed E-state index contributed by atoms with van der Waals surface area (Å²) in [4.78, 5) is 0. The van der Waals surface area contributed by atoms with Gasteiger partial charge in [0.15, 0.2) is 0 Å². The zero-order valence-electron chi connectivity index (χ0n) is 6.55. The Kier molecular flexibility index (Phi) is 3.18. The molecule has 0 fully saturated rings. The van der Waals surface area contributed by atoms with E-state index in [0.29, 0.717) is 5.88 Å². The number of rotatable bonds is 2. The third kappa shape index (κ3) is 2.77. The van der Waals surface area contributed by atoms with Gasteiger partial charge in [0, 0.05) is 5.88 Å². The van der Waals surface area contributed by atoms with Crippen LogP contribution in [0.15, 0.2) is 30.3 Å². The van der Waals surface area contributed by atoms with Crippen LogP contribution < -0.4 is 0 Å². The second-order valence-corrected chi connectivity index (χ2v) is 2.78. The predicted molar refractivity (Wildman–Crippen MR) is 50.9 cm³/mol. The van der Waals surface area contributed by atoms with E-state index in [-0.39, 0.29) is 0 Å². The minimum Gasteiger partial charge on any atom is -0.122 e. The lowest BCUT2D eigenvalue weighted by molar-refractivity contribution is 1.46. The van der Waals surface area contributed by atoms with Crippen molar-refractivity contribution in [3.63, 3.8) is 0 Å². The maximum atomic E-state index is 5.50. The van der Waals surface area contributed by atoms with Crippen LogP contribution in [0, 0.1) is 6.92 Å². The van der Waals surface area contributed by atoms with Gasteiger partial charge in [-0.3, -0.25) is 0 Å². The van der Waals surface area contributed by atoms with Crippen LogP contribution in [0.1, 0.15) is 11.1 Å². The van der Waals surface area contributed by atoms with Crippen molar-refractivity contribution in [2.75, 3.05) is 5.88 Å². The van der Waals surface area contributed by atoms with Gasteiger partial charge in [0.25, 0.3) is 0 Å². The number of aryl methyl sites for hydroxylation is 1. The number of allylic oxidation sites excluding steroid dienone is 1. The molecule has 1 aromatic rings. The third-order valence-corrected chi connectivity index (χ3v) is 1.62. The molecule has 0 aliphatic rings. The summed E-state index contributed by atoms with van der Waals surface area (Å²) in [5.41, 5.74) is 2.49. The molecule has 0 N–H and O–H groups in total. The maximum absolute atomic E-state index is 5.50. The monoisotopic (exact) mass is 166 g/mol. The van der Waals surface area contributed by atoms with E-state index in [1.807, 2.05) is 18.2 Å². The standard InChI is InChI=1S/C10H11Cl/c1-9-4-2-5-10(8-9)6-3-7-11/h2-6,8H,7H2,1H3. The molecule has 1 aromatic carbocycles. The van der Waals surface area contributed by atoms with Crippen molar-refractivity contribution in [1.82, 2.24) is 0 Å². The molecule has 11 heavy (non-hydrogen) atoms. The molecule has 1 rings (SSSR count). The van der Waals surface area contributed by atoms with Crippen LogP contribution in [0.3, 0.4) is 0 Å². The van der Waals surface area contributed by atoms with Gasteiger partial charge in [-0.05, 0) is 12.5 Å². The van der Waals surface area contributed by atoms with E-state index < -0.39 is 0 Å². The fourth-order valence-corrected chi connectivity index (χ4v) is 1.04. The van der Waals surface area contributed by atoms with Crippen molar-refractivity contribution in [3.05, 3.63) is 41.5 Å². The highest BCUT2D eigenvalue weighted by atomic mass is 35.5. The summed E-state index contributed by atoms with van der Waals surface area (Å²) in [5, 5.41) is 0. The molecule has 0 aliphatic heterocycles. The lowest BCUT2D eigenvalue weighted by atomic mass is 10.1. The molecule has 1 heteroatoms. The Morgan fingerprint density at radius 1 is 1.45 bits per heavy atom. The predicted octanol–water partition coefficient (Wildman–Crippen LogP) is 3.25. The van der Waals surface area contributed by atoms with Crippen LogP contribution in [0.5, 0.6) is 0 Å². The number of benzene rings is 1. The maximum Gasteiger partial charge on any atom is 0.0407 e. The molecule has 0 aliphatic carbocycles. The molecule has 0 spiro atoms. The van der Waals surface area contributed by atoms with Gasteiger partial charge in [0.05, 0.1) is 0 Å². The van der Waals surface area contributed by atoms with Crippen molar-refractivity contribution < 1.29 is 0 Å². The number of hydrogen-bond acceptors (Lipinski definition) is 0. The first-order valence-corrected chi connectivity index (χ1v) is 4.15. The molecular formula is C10H11Cl. The molecule has 0 bridgehead atoms. The summed E-state index contributed by atoms with van der Waals surface area (Å²) < 4.78 is 0. The Bertz CT molecular complexity index is 251. The van der Waals surface area contributed by atoms with Gasteiger partial charge in [0.1, 0.15) is 0 Å². The van der Waals surface area contributed by atoms with E-state index in [0.717, 1.165) is 0 Å². The quantitative estimate of drug-likeness (QED) is 0.592. The second-order valence-electron chi connectivity index (χ2n) is 2.47. The van der Waals surface area contributed by atoms with Crippen LogP contribution in [-0.2, 0) is 0 Å². The molecule has 0 saturated carbocycles. The van der Waals surface area contributed by atoms with Crippen molar-refractivity contribution >= 4 is 17.7 Å². The molecule has 58 valence electrons. The zero-order chi connectivity index (χ0) is 8.10. The van der Waals surface area contributed by atoms with E-state index in [4.69, 9.17) is 11.6 Å². The molecule has 0 nitrogen and oxygen atoms in total. The van der Waals surface area contributed by atoms with Gasteiger partial charge in [-0.25, -0.2) is 0 Å². The second kappa shape index (κ2) is 4.20. The number of hydrogen-bond donors (Lipinski definition) is 0. The smallest absolute Gasteiger partial charge is 0.0407 e. The molecule has 0 heterocycles. The fourth-order valence-electron chi connectivity index (χ4n) is 0.954. The fraction of sp³-hybridized carbons (Fsp3) is 0.200. The largest absolute Gasteiger partial charge is 0.122 e. The SMILES string of the molecule is Cc1cccc(C=CCCl)c1. The molecule has 0 radical (unpaired) electrons. The minimum atomic E-state index is 0.577. The van der Waals surface area contributed by atoms with Gasteiger partial charge in [-0.2, -0.15) is 0 Å². The van der Waals surface area contributed by atoms with Gasteiger partial charge in [-0.15, -0.1) is 11.6 Å². The van der Waals surface area contributed by atoms with E-state index in [2.05, 4.69) is 25.1 Å². The highest BCUT2D eigenvalue weighted by Gasteiger charge is 1.85. The van der Waals surface area contributed by atoms with E-state index in [1.54, 1.807) is 0 Å². The van der Waals surface area contributed by atoms with Crippen LogP contribution in [0.2, 0.25) is 0 Å². The van der Waals surface area contributed by atoms with Crippen LogP contribution >= 0.6 is 11.6 Å². The molecular weight excluding hydrogens is 156 g/mol. The normalized spacial score (nSPS) is 10.7. The first kappa shape index (κ1) is 8.35. The first-order chi connectivity index (χ1) is 5.33. The van der Waals surface area contributed by atoms with Gasteiger partial charge in [0.2, 0.25) is 0 Å². The van der Waals surface area contributed by atoms with E-state index in [1.165, 1.54) is 11.1 Å². The topological polar surface area (TPSA) is 0 Å². The Morgan fingerprint density at radius 3 is 2.91 bits per heavy atom. The zero-order valence-corrected chi connectivity index (χ0v) is 7.31. The number of alkyl halides is 1. The van der Waals surface area contributed by atoms with E-state index >= 15 is 0 Å². The Morgan fingerprint density at radius 2 is 2.27 bits per heavy atom. The van der Waals surface area contributed by atoms with Gasteiger partial charge in [-0.1, -0.05) is 42.0 Å². The van der Waals surface area contributed by atoms with E-state index in [9.17, 15) is 0 Å². The minimum absolute atomic E-state index is 0.577. The van der Waals surface area contributed by atoms with Gasteiger partial charge < -0.3 is 0 Å². The summed E-state index contributed by atoms with van der Waals surface area (Å²) in [5.74, 6) is 0.577. The van der Waals surface area contributed by atoms with Crippen molar-refractivity contribution in [1.29, 1.82) is 0 Å². The summed E-state index contributed by atoms with van der Waals surface area (Å²) in [6.07, 6.45) is 3.97. The molecule has 0 amide bonds. The van der Waals surface area contributed by atoms with Crippen molar-refractivity contribution in [2.45, 2.75) is 6.92 Å². The highest BCUT2D eigenvalue weighted by Crippen LogP contribution is 2.05. The molecule has 0 atom stereocenters. The molecule has 0 aromatic heterocycles. The highest BCUT2D eigenvalue weighted by molar-refractivity contribution is 6.19. The van der Waals surface area contributed by atoms with Crippen LogP contribution in [0.25, 0.3) is 6.08 Å². The van der Waals surface area contributed by atoms with Crippen LogP contribution in [-0.4, -0.2) is 5.88 Å².